The van der Waals surface area contributed by atoms with Crippen molar-refractivity contribution in [3.8, 4) is 23.3 Å². The molecule has 5 atom stereocenters. The molecule has 3 heterocycles. The molecule has 2 fully saturated rings. The number of aliphatic hydroxyl groups excluding tert-OH is 1. The summed E-state index contributed by atoms with van der Waals surface area (Å²) in [5, 5.41) is 16.0. The number of nitrogens with zero attached hydrogens (tertiary/aromatic N) is 1. The highest BCUT2D eigenvalue weighted by Crippen LogP contribution is 2.54. The molecule has 0 radical (unpaired) electrons. The quantitative estimate of drug-likeness (QED) is 0.117. The van der Waals surface area contributed by atoms with Gasteiger partial charge in [-0.15, -0.1) is 0 Å². The number of carbonyl (C=O) groups excluding carboxylic acids is 2. The number of ether oxygens (including phenoxy) is 4. The molecule has 2 aliphatic rings. The van der Waals surface area contributed by atoms with E-state index in [9.17, 15) is 37.5 Å². The van der Waals surface area contributed by atoms with E-state index in [4.69, 9.17) is 18.9 Å². The number of fused-ring (bicyclic) bond motifs is 2. The third-order valence-corrected chi connectivity index (χ3v) is 10.4. The van der Waals surface area contributed by atoms with Crippen LogP contribution < -0.4 is 31.4 Å². The van der Waals surface area contributed by atoms with E-state index in [1.54, 1.807) is 33.4 Å². The van der Waals surface area contributed by atoms with Gasteiger partial charge in [-0.1, -0.05) is 80.3 Å². The summed E-state index contributed by atoms with van der Waals surface area (Å²) in [6, 6.07) is 23.4. The van der Waals surface area contributed by atoms with Crippen molar-refractivity contribution >= 4 is 11.8 Å². The molecule has 58 heavy (non-hydrogen) atoms. The molecule has 0 aliphatic carbocycles. The first-order valence-electron chi connectivity index (χ1n) is 18.4. The van der Waals surface area contributed by atoms with Crippen LogP contribution in [0.3, 0.4) is 0 Å². The largest absolute Gasteiger partial charge is 0.497 e. The number of aromatic amines is 1. The lowest BCUT2D eigenvalue weighted by atomic mass is 9.63. The Kier molecular flexibility index (Phi) is 12.2. The first-order valence-corrected chi connectivity index (χ1v) is 18.4. The van der Waals surface area contributed by atoms with Crippen molar-refractivity contribution in [1.82, 2.24) is 20.2 Å². The van der Waals surface area contributed by atoms with Gasteiger partial charge in [0.25, 0.3) is 5.56 Å². The van der Waals surface area contributed by atoms with E-state index in [-0.39, 0.29) is 30.9 Å². The van der Waals surface area contributed by atoms with Crippen LogP contribution in [0.2, 0.25) is 0 Å². The van der Waals surface area contributed by atoms with E-state index >= 15 is 0 Å². The summed E-state index contributed by atoms with van der Waals surface area (Å²) in [7, 11) is 3.15. The van der Waals surface area contributed by atoms with Gasteiger partial charge in [0.2, 0.25) is 5.91 Å². The second-order valence-corrected chi connectivity index (χ2v) is 14.6. The molecule has 2 bridgehead atoms. The molecular weight excluding hydrogens is 761 g/mol. The van der Waals surface area contributed by atoms with Gasteiger partial charge in [0, 0.05) is 11.6 Å². The highest BCUT2D eigenvalue weighted by atomic mass is 19.4. The zero-order valence-electron chi connectivity index (χ0n) is 32.1. The standard InChI is InChI=1S/C42H43F3N4O9/c1-25(2)21-32(47-38(53)42(43,44)45)36(52)46-20-8-9-26-22-49(39(54)48-35(26)51)37-33-34(50)40(58-37,24-57-33)23-41(27-10-6-5-7-11-27,28-12-16-30(55-3)17-13-28)29-14-18-31(56-4)19-15-29/h5-7,10-19,22,25,32-34,37,50H,20-21,23-24H2,1-4H3,(H,46,52)(H,47,53)(H,48,51,54)/t32?,33?,34-,37-,40+/m1/s1. The molecule has 1 aromatic heterocycles. The van der Waals surface area contributed by atoms with Crippen LogP contribution in [0.1, 0.15) is 55.2 Å². The zero-order valence-corrected chi connectivity index (χ0v) is 32.1. The van der Waals surface area contributed by atoms with Crippen molar-refractivity contribution in [3.63, 3.8) is 0 Å². The molecule has 306 valence electrons. The average molecular weight is 805 g/mol. The summed E-state index contributed by atoms with van der Waals surface area (Å²) in [6.07, 6.45) is -7.43. The van der Waals surface area contributed by atoms with Crippen LogP contribution in [-0.4, -0.2) is 83.9 Å². The summed E-state index contributed by atoms with van der Waals surface area (Å²) in [6.45, 7) is 2.92. The topological polar surface area (TPSA) is 170 Å². The van der Waals surface area contributed by atoms with Crippen molar-refractivity contribution < 1.29 is 46.8 Å². The Balaban J connectivity index is 1.31. The van der Waals surface area contributed by atoms with E-state index in [0.717, 1.165) is 27.5 Å². The van der Waals surface area contributed by atoms with Crippen molar-refractivity contribution in [2.24, 2.45) is 5.92 Å². The van der Waals surface area contributed by atoms with Crippen LogP contribution in [0.4, 0.5) is 13.2 Å². The minimum absolute atomic E-state index is 0.0259. The molecule has 4 N–H and O–H groups in total. The lowest BCUT2D eigenvalue weighted by Gasteiger charge is -2.43. The maximum absolute atomic E-state index is 13.3. The summed E-state index contributed by atoms with van der Waals surface area (Å²) in [5.74, 6) is 3.04. The molecule has 2 aliphatic heterocycles. The molecule has 2 saturated heterocycles. The van der Waals surface area contributed by atoms with E-state index < -0.39 is 71.3 Å². The Hall–Kier alpha value is -5.89. The van der Waals surface area contributed by atoms with Gasteiger partial charge < -0.3 is 34.7 Å². The van der Waals surface area contributed by atoms with Crippen molar-refractivity contribution in [2.75, 3.05) is 27.4 Å². The molecule has 0 spiro atoms. The smallest absolute Gasteiger partial charge is 0.471 e. The number of rotatable bonds is 13. The monoisotopic (exact) mass is 804 g/mol. The van der Waals surface area contributed by atoms with Crippen molar-refractivity contribution in [2.45, 2.75) is 68.4 Å². The van der Waals surface area contributed by atoms with Gasteiger partial charge >= 0.3 is 17.8 Å². The summed E-state index contributed by atoms with van der Waals surface area (Å²) in [5.41, 5.74) is -1.67. The fourth-order valence-corrected chi connectivity index (χ4v) is 7.60. The summed E-state index contributed by atoms with van der Waals surface area (Å²) >= 11 is 0. The number of H-pyrrole nitrogens is 1. The van der Waals surface area contributed by atoms with E-state index in [2.05, 4.69) is 22.1 Å². The van der Waals surface area contributed by atoms with Crippen LogP contribution in [-0.2, 0) is 24.5 Å². The normalized spacial score (nSPS) is 20.5. The fraction of sp³-hybridized carbons (Fsp3) is 0.381. The second kappa shape index (κ2) is 16.9. The fourth-order valence-electron chi connectivity index (χ4n) is 7.60. The molecular formula is C42H43F3N4O9. The molecule has 3 aromatic carbocycles. The van der Waals surface area contributed by atoms with Crippen LogP contribution in [0.5, 0.6) is 11.5 Å². The van der Waals surface area contributed by atoms with Gasteiger partial charge in [-0.05, 0) is 59.7 Å². The molecule has 2 unspecified atom stereocenters. The van der Waals surface area contributed by atoms with Crippen LogP contribution in [0, 0.1) is 17.8 Å². The lowest BCUT2D eigenvalue weighted by Crippen LogP contribution is -2.51. The predicted octanol–water partition coefficient (Wildman–Crippen LogP) is 3.57. The SMILES string of the molecule is COc1ccc(C(C[C@@]23COC([C@H](n4cc(C#CCNC(=O)C(CC(C)C)NC(=O)C(F)(F)F)c(=O)[nH]c4=O)O2)[C@H]3O)(c2ccccc2)c2ccc(OC)cc2)cc1. The Morgan fingerprint density at radius 2 is 1.55 bits per heavy atom. The van der Waals surface area contributed by atoms with E-state index in [1.165, 1.54) is 0 Å². The molecule has 0 saturated carbocycles. The third-order valence-electron chi connectivity index (χ3n) is 10.4. The van der Waals surface area contributed by atoms with Crippen LogP contribution >= 0.6 is 0 Å². The number of hydrogen-bond acceptors (Lipinski definition) is 9. The number of aliphatic hydroxyl groups is 1. The van der Waals surface area contributed by atoms with Crippen LogP contribution in [0.25, 0.3) is 0 Å². The lowest BCUT2D eigenvalue weighted by molar-refractivity contribution is -0.180. The Labute approximate surface area is 331 Å². The number of alkyl halides is 3. The predicted molar refractivity (Wildman–Crippen MR) is 204 cm³/mol. The van der Waals surface area contributed by atoms with E-state index in [1.807, 2.05) is 78.9 Å². The number of halogens is 3. The molecule has 16 heteroatoms. The molecule has 13 nitrogen and oxygen atoms in total. The Bertz CT molecular complexity index is 2240. The minimum Gasteiger partial charge on any atom is -0.497 e. The second-order valence-electron chi connectivity index (χ2n) is 14.6. The molecule has 6 rings (SSSR count). The maximum Gasteiger partial charge on any atom is 0.471 e. The molecule has 4 aromatic rings. The zero-order chi connectivity index (χ0) is 41.8. The number of carbonyl (C=O) groups is 2. The number of hydrogen-bond donors (Lipinski definition) is 4. The summed E-state index contributed by atoms with van der Waals surface area (Å²) < 4.78 is 63.5. The van der Waals surface area contributed by atoms with Gasteiger partial charge in [0.1, 0.15) is 40.9 Å². The summed E-state index contributed by atoms with van der Waals surface area (Å²) in [4.78, 5) is 52.6. The third kappa shape index (κ3) is 8.38. The maximum atomic E-state index is 13.3. The highest BCUT2D eigenvalue weighted by molar-refractivity contribution is 5.89. The number of aromatic nitrogens is 2. The van der Waals surface area contributed by atoms with E-state index in [0.29, 0.717) is 11.5 Å². The number of methoxy groups -OCH3 is 2. The average Bonchev–Trinajstić information content (AvgIpc) is 3.66. The first kappa shape index (κ1) is 41.7. The number of amides is 2. The Morgan fingerprint density at radius 3 is 2.10 bits per heavy atom. The van der Waals surface area contributed by atoms with Gasteiger partial charge in [-0.3, -0.25) is 23.9 Å². The van der Waals surface area contributed by atoms with Gasteiger partial charge in [-0.25, -0.2) is 4.79 Å². The van der Waals surface area contributed by atoms with Crippen molar-refractivity contribution in [3.05, 3.63) is 128 Å². The number of nitrogens with one attached hydrogen (secondary N) is 3. The van der Waals surface area contributed by atoms with Crippen molar-refractivity contribution in [1.29, 1.82) is 0 Å². The van der Waals surface area contributed by atoms with Gasteiger partial charge in [0.05, 0.1) is 27.4 Å². The molecule has 2 amide bonds. The Morgan fingerprint density at radius 1 is 0.966 bits per heavy atom. The minimum atomic E-state index is -5.18. The highest BCUT2D eigenvalue weighted by Gasteiger charge is 2.64. The first-order chi connectivity index (χ1) is 27.6. The van der Waals surface area contributed by atoms with Crippen LogP contribution in [0.15, 0.2) is 94.6 Å². The number of benzene rings is 3. The van der Waals surface area contributed by atoms with Gasteiger partial charge in [0.15, 0.2) is 6.23 Å². The van der Waals surface area contributed by atoms with Gasteiger partial charge in [-0.2, -0.15) is 13.2 Å².